The van der Waals surface area contributed by atoms with Crippen LogP contribution in [0, 0.1) is 6.92 Å². The van der Waals surface area contributed by atoms with E-state index in [4.69, 9.17) is 0 Å². The van der Waals surface area contributed by atoms with Crippen LogP contribution in [0.15, 0.2) is 23.7 Å². The van der Waals surface area contributed by atoms with E-state index >= 15 is 0 Å². The molecule has 0 unspecified atom stereocenters. The van der Waals surface area contributed by atoms with Crippen molar-refractivity contribution < 1.29 is 0 Å². The molecule has 0 aliphatic rings. The number of thiophene rings is 1. The number of aryl methyl sites for hydroxylation is 1. The van der Waals surface area contributed by atoms with Crippen molar-refractivity contribution in [3.05, 3.63) is 29.5 Å². The Morgan fingerprint density at radius 1 is 1.20 bits per heavy atom. The van der Waals surface area contributed by atoms with E-state index in [1.54, 1.807) is 17.5 Å². The van der Waals surface area contributed by atoms with Crippen molar-refractivity contribution in [1.29, 1.82) is 0 Å². The summed E-state index contributed by atoms with van der Waals surface area (Å²) in [7, 11) is 0. The standard InChI is InChI=1S/C14H15N5S/c1-3-6-16-12-10-5-8-20-14(10)19-13(18-12)11-4-7-15-9(2)17-11/h4-5,7-8H,3,6H2,1-2H3,(H,16,18,19). The number of fused-ring (bicyclic) bond motifs is 1. The Kier molecular flexibility index (Phi) is 3.56. The Balaban J connectivity index is 2.11. The SMILES string of the molecule is CCCNc1nc(-c2ccnc(C)n2)nc2sccc12. The number of hydrogen-bond acceptors (Lipinski definition) is 6. The van der Waals surface area contributed by atoms with E-state index in [1.165, 1.54) is 0 Å². The van der Waals surface area contributed by atoms with E-state index in [9.17, 15) is 0 Å². The highest BCUT2D eigenvalue weighted by Gasteiger charge is 2.11. The largest absolute Gasteiger partial charge is 0.369 e. The van der Waals surface area contributed by atoms with Gasteiger partial charge in [-0.25, -0.2) is 19.9 Å². The number of rotatable bonds is 4. The van der Waals surface area contributed by atoms with E-state index < -0.39 is 0 Å². The van der Waals surface area contributed by atoms with Gasteiger partial charge in [-0.2, -0.15) is 0 Å². The van der Waals surface area contributed by atoms with Crippen LogP contribution < -0.4 is 5.32 Å². The summed E-state index contributed by atoms with van der Waals surface area (Å²) in [5, 5.41) is 6.46. The third-order valence-electron chi connectivity index (χ3n) is 2.87. The third-order valence-corrected chi connectivity index (χ3v) is 3.68. The molecule has 0 fully saturated rings. The first kappa shape index (κ1) is 12.9. The van der Waals surface area contributed by atoms with Crippen LogP contribution in [0.1, 0.15) is 19.2 Å². The second kappa shape index (κ2) is 5.50. The van der Waals surface area contributed by atoms with Crippen LogP contribution in [-0.2, 0) is 0 Å². The Morgan fingerprint density at radius 2 is 2.10 bits per heavy atom. The van der Waals surface area contributed by atoms with Crippen molar-refractivity contribution in [3.63, 3.8) is 0 Å². The molecule has 5 nitrogen and oxygen atoms in total. The minimum Gasteiger partial charge on any atom is -0.369 e. The molecule has 0 aliphatic carbocycles. The maximum Gasteiger partial charge on any atom is 0.181 e. The fraction of sp³-hybridized carbons (Fsp3) is 0.286. The van der Waals surface area contributed by atoms with Crippen molar-refractivity contribution in [2.75, 3.05) is 11.9 Å². The molecule has 0 atom stereocenters. The van der Waals surface area contributed by atoms with Crippen molar-refractivity contribution in [2.45, 2.75) is 20.3 Å². The maximum atomic E-state index is 4.62. The molecular formula is C14H15N5S. The second-order valence-electron chi connectivity index (χ2n) is 4.45. The molecule has 0 radical (unpaired) electrons. The van der Waals surface area contributed by atoms with E-state index in [1.807, 2.05) is 24.4 Å². The molecule has 3 aromatic heterocycles. The van der Waals surface area contributed by atoms with E-state index in [2.05, 4.69) is 32.2 Å². The fourth-order valence-electron chi connectivity index (χ4n) is 1.93. The minimum atomic E-state index is 0.643. The summed E-state index contributed by atoms with van der Waals surface area (Å²) in [6.07, 6.45) is 2.79. The van der Waals surface area contributed by atoms with Crippen LogP contribution in [0.2, 0.25) is 0 Å². The number of nitrogens with zero attached hydrogens (tertiary/aromatic N) is 4. The highest BCUT2D eigenvalue weighted by molar-refractivity contribution is 7.16. The first-order valence-corrected chi connectivity index (χ1v) is 7.45. The zero-order chi connectivity index (χ0) is 13.9. The van der Waals surface area contributed by atoms with Crippen molar-refractivity contribution in [2.24, 2.45) is 0 Å². The topological polar surface area (TPSA) is 63.6 Å². The lowest BCUT2D eigenvalue weighted by Gasteiger charge is -2.07. The van der Waals surface area contributed by atoms with Gasteiger partial charge in [0, 0.05) is 12.7 Å². The summed E-state index contributed by atoms with van der Waals surface area (Å²) < 4.78 is 0. The lowest BCUT2D eigenvalue weighted by atomic mass is 10.3. The molecule has 0 spiro atoms. The molecule has 1 N–H and O–H groups in total. The quantitative estimate of drug-likeness (QED) is 0.797. The number of aromatic nitrogens is 4. The van der Waals surface area contributed by atoms with Gasteiger partial charge in [0.25, 0.3) is 0 Å². The lowest BCUT2D eigenvalue weighted by molar-refractivity contribution is 0.968. The Bertz CT molecular complexity index is 737. The van der Waals surface area contributed by atoms with Crippen molar-refractivity contribution in [3.8, 4) is 11.5 Å². The summed E-state index contributed by atoms with van der Waals surface area (Å²) in [5.74, 6) is 2.24. The first-order valence-electron chi connectivity index (χ1n) is 6.57. The Hall–Kier alpha value is -2.08. The van der Waals surface area contributed by atoms with Crippen LogP contribution in [0.3, 0.4) is 0 Å². The normalized spacial score (nSPS) is 10.9. The molecule has 0 aromatic carbocycles. The van der Waals surface area contributed by atoms with Crippen LogP contribution in [0.5, 0.6) is 0 Å². The van der Waals surface area contributed by atoms with Crippen LogP contribution in [0.25, 0.3) is 21.7 Å². The first-order chi connectivity index (χ1) is 9.78. The summed E-state index contributed by atoms with van der Waals surface area (Å²) in [5.41, 5.74) is 0.757. The number of hydrogen-bond donors (Lipinski definition) is 1. The number of anilines is 1. The van der Waals surface area contributed by atoms with Gasteiger partial charge in [-0.3, -0.25) is 0 Å². The maximum absolute atomic E-state index is 4.62. The molecule has 0 saturated carbocycles. The van der Waals surface area contributed by atoms with Gasteiger partial charge in [0.1, 0.15) is 22.2 Å². The molecule has 0 bridgehead atoms. The molecule has 0 aliphatic heterocycles. The lowest BCUT2D eigenvalue weighted by Crippen LogP contribution is -2.04. The predicted octanol–water partition coefficient (Wildman–Crippen LogP) is 3.28. The zero-order valence-corrected chi connectivity index (χ0v) is 12.2. The van der Waals surface area contributed by atoms with Gasteiger partial charge in [0.15, 0.2) is 5.82 Å². The van der Waals surface area contributed by atoms with Gasteiger partial charge < -0.3 is 5.32 Å². The van der Waals surface area contributed by atoms with Crippen LogP contribution in [0.4, 0.5) is 5.82 Å². The van der Waals surface area contributed by atoms with Gasteiger partial charge in [-0.15, -0.1) is 11.3 Å². The van der Waals surface area contributed by atoms with E-state index in [-0.39, 0.29) is 0 Å². The van der Waals surface area contributed by atoms with Crippen LogP contribution >= 0.6 is 11.3 Å². The fourth-order valence-corrected chi connectivity index (χ4v) is 2.69. The minimum absolute atomic E-state index is 0.643. The molecule has 6 heteroatoms. The van der Waals surface area contributed by atoms with E-state index in [0.717, 1.165) is 40.5 Å². The summed E-state index contributed by atoms with van der Waals surface area (Å²) >= 11 is 1.61. The molecule has 102 valence electrons. The molecule has 20 heavy (non-hydrogen) atoms. The summed E-state index contributed by atoms with van der Waals surface area (Å²) in [4.78, 5) is 18.7. The monoisotopic (exact) mass is 285 g/mol. The van der Waals surface area contributed by atoms with Gasteiger partial charge in [0.2, 0.25) is 0 Å². The summed E-state index contributed by atoms with van der Waals surface area (Å²) in [6, 6.07) is 3.89. The smallest absolute Gasteiger partial charge is 0.181 e. The number of nitrogens with one attached hydrogen (secondary N) is 1. The van der Waals surface area contributed by atoms with Gasteiger partial charge in [-0.05, 0) is 30.9 Å². The zero-order valence-electron chi connectivity index (χ0n) is 11.4. The van der Waals surface area contributed by atoms with Crippen molar-refractivity contribution in [1.82, 2.24) is 19.9 Å². The van der Waals surface area contributed by atoms with Crippen LogP contribution in [-0.4, -0.2) is 26.5 Å². The average Bonchev–Trinajstić information content (AvgIpc) is 2.93. The van der Waals surface area contributed by atoms with Gasteiger partial charge in [-0.1, -0.05) is 6.92 Å². The molecule has 3 rings (SSSR count). The Morgan fingerprint density at radius 3 is 2.90 bits per heavy atom. The molecule has 0 amide bonds. The average molecular weight is 285 g/mol. The highest BCUT2D eigenvalue weighted by Crippen LogP contribution is 2.27. The third kappa shape index (κ3) is 2.46. The molecular weight excluding hydrogens is 270 g/mol. The van der Waals surface area contributed by atoms with Crippen molar-refractivity contribution >= 4 is 27.4 Å². The predicted molar refractivity (Wildman–Crippen MR) is 82.0 cm³/mol. The summed E-state index contributed by atoms with van der Waals surface area (Å²) in [6.45, 7) is 4.89. The molecule has 3 heterocycles. The molecule has 0 saturated heterocycles. The Labute approximate surface area is 121 Å². The van der Waals surface area contributed by atoms with Gasteiger partial charge >= 0.3 is 0 Å². The second-order valence-corrected chi connectivity index (χ2v) is 5.35. The van der Waals surface area contributed by atoms with Gasteiger partial charge in [0.05, 0.1) is 5.39 Å². The highest BCUT2D eigenvalue weighted by atomic mass is 32.1. The molecule has 3 aromatic rings. The van der Waals surface area contributed by atoms with E-state index in [0.29, 0.717) is 5.82 Å².